The summed E-state index contributed by atoms with van der Waals surface area (Å²) in [5, 5.41) is 7.67. The molecule has 16 heavy (non-hydrogen) atoms. The lowest BCUT2D eigenvalue weighted by atomic mass is 10.2. The summed E-state index contributed by atoms with van der Waals surface area (Å²) >= 11 is 0. The Bertz CT molecular complexity index is 431. The van der Waals surface area contributed by atoms with Gasteiger partial charge >= 0.3 is 0 Å². The lowest BCUT2D eigenvalue weighted by Gasteiger charge is -2.05. The molecule has 0 spiro atoms. The molecule has 1 N–H and O–H groups in total. The molecule has 0 aliphatic carbocycles. The highest BCUT2D eigenvalue weighted by molar-refractivity contribution is 5.42. The van der Waals surface area contributed by atoms with E-state index in [-0.39, 0.29) is 0 Å². The van der Waals surface area contributed by atoms with Crippen molar-refractivity contribution in [1.29, 1.82) is 0 Å². The van der Waals surface area contributed by atoms with Crippen molar-refractivity contribution < 1.29 is 0 Å². The van der Waals surface area contributed by atoms with Crippen LogP contribution in [0.2, 0.25) is 0 Å². The molecular weight excluding hydrogens is 198 g/mol. The van der Waals surface area contributed by atoms with E-state index in [1.165, 1.54) is 0 Å². The molecule has 0 aliphatic heterocycles. The molecule has 1 aromatic carbocycles. The van der Waals surface area contributed by atoms with E-state index in [2.05, 4.69) is 24.3 Å². The minimum Gasteiger partial charge on any atom is -0.382 e. The number of para-hydroxylation sites is 1. The van der Waals surface area contributed by atoms with Gasteiger partial charge in [-0.25, -0.2) is 4.68 Å². The zero-order chi connectivity index (χ0) is 11.4. The van der Waals surface area contributed by atoms with Crippen molar-refractivity contribution in [2.75, 3.05) is 11.9 Å². The Morgan fingerprint density at radius 1 is 1.25 bits per heavy atom. The first-order valence-electron chi connectivity index (χ1n) is 5.59. The number of hydrogen-bond acceptors (Lipinski definition) is 2. The van der Waals surface area contributed by atoms with Crippen molar-refractivity contribution >= 4 is 5.69 Å². The summed E-state index contributed by atoms with van der Waals surface area (Å²) < 4.78 is 1.88. The highest BCUT2D eigenvalue weighted by atomic mass is 15.3. The SMILES string of the molecule is CC(C)CNc1cnn(-c2ccccc2)c1. The first kappa shape index (κ1) is 10.7. The lowest BCUT2D eigenvalue weighted by Crippen LogP contribution is -2.07. The zero-order valence-corrected chi connectivity index (χ0v) is 9.72. The van der Waals surface area contributed by atoms with E-state index in [1.54, 1.807) is 0 Å². The van der Waals surface area contributed by atoms with Gasteiger partial charge in [-0.15, -0.1) is 0 Å². The fourth-order valence-electron chi connectivity index (χ4n) is 1.46. The van der Waals surface area contributed by atoms with Crippen molar-refractivity contribution in [1.82, 2.24) is 9.78 Å². The van der Waals surface area contributed by atoms with E-state index in [1.807, 2.05) is 47.4 Å². The smallest absolute Gasteiger partial charge is 0.0731 e. The van der Waals surface area contributed by atoms with Crippen LogP contribution in [0.4, 0.5) is 5.69 Å². The first-order valence-corrected chi connectivity index (χ1v) is 5.59. The van der Waals surface area contributed by atoms with E-state index in [0.29, 0.717) is 5.92 Å². The third-order valence-corrected chi connectivity index (χ3v) is 2.32. The number of aromatic nitrogens is 2. The molecule has 0 aliphatic rings. The van der Waals surface area contributed by atoms with Crippen molar-refractivity contribution in [2.45, 2.75) is 13.8 Å². The van der Waals surface area contributed by atoms with Gasteiger partial charge in [-0.1, -0.05) is 32.0 Å². The lowest BCUT2D eigenvalue weighted by molar-refractivity contribution is 0.689. The number of nitrogens with zero attached hydrogens (tertiary/aromatic N) is 2. The molecule has 3 heteroatoms. The number of nitrogens with one attached hydrogen (secondary N) is 1. The summed E-state index contributed by atoms with van der Waals surface area (Å²) in [6.45, 7) is 5.35. The fraction of sp³-hybridized carbons (Fsp3) is 0.308. The second-order valence-corrected chi connectivity index (χ2v) is 4.28. The summed E-state index contributed by atoms with van der Waals surface area (Å²) in [5.74, 6) is 0.639. The Hall–Kier alpha value is -1.77. The molecule has 0 unspecified atom stereocenters. The number of anilines is 1. The van der Waals surface area contributed by atoms with E-state index >= 15 is 0 Å². The van der Waals surface area contributed by atoms with Crippen LogP contribution < -0.4 is 5.32 Å². The highest BCUT2D eigenvalue weighted by Gasteiger charge is 2.00. The van der Waals surface area contributed by atoms with Crippen LogP contribution in [-0.2, 0) is 0 Å². The van der Waals surface area contributed by atoms with Crippen molar-refractivity contribution in [3.63, 3.8) is 0 Å². The maximum Gasteiger partial charge on any atom is 0.0731 e. The van der Waals surface area contributed by atoms with Gasteiger partial charge in [0.2, 0.25) is 0 Å². The van der Waals surface area contributed by atoms with Crippen LogP contribution in [0.5, 0.6) is 0 Å². The van der Waals surface area contributed by atoms with Crippen LogP contribution in [-0.4, -0.2) is 16.3 Å². The van der Waals surface area contributed by atoms with Crippen LogP contribution >= 0.6 is 0 Å². The number of hydrogen-bond donors (Lipinski definition) is 1. The molecule has 0 atom stereocenters. The Morgan fingerprint density at radius 2 is 2.00 bits per heavy atom. The molecule has 0 bridgehead atoms. The molecule has 2 aromatic rings. The molecule has 84 valence electrons. The van der Waals surface area contributed by atoms with Crippen molar-refractivity contribution in [3.8, 4) is 5.69 Å². The molecule has 1 heterocycles. The Labute approximate surface area is 96.1 Å². The fourth-order valence-corrected chi connectivity index (χ4v) is 1.46. The standard InChI is InChI=1S/C13H17N3/c1-11(2)8-14-12-9-15-16(10-12)13-6-4-3-5-7-13/h3-7,9-11,14H,8H2,1-2H3. The van der Waals surface area contributed by atoms with Gasteiger partial charge in [-0.3, -0.25) is 0 Å². The molecule has 0 radical (unpaired) electrons. The molecular formula is C13H17N3. The van der Waals surface area contributed by atoms with Crippen LogP contribution in [0.3, 0.4) is 0 Å². The molecule has 2 rings (SSSR count). The van der Waals surface area contributed by atoms with E-state index in [9.17, 15) is 0 Å². The minimum atomic E-state index is 0.639. The summed E-state index contributed by atoms with van der Waals surface area (Å²) in [4.78, 5) is 0. The van der Waals surface area contributed by atoms with Gasteiger partial charge in [0.25, 0.3) is 0 Å². The van der Waals surface area contributed by atoms with Gasteiger partial charge in [-0.2, -0.15) is 5.10 Å². The predicted octanol–water partition coefficient (Wildman–Crippen LogP) is 2.94. The van der Waals surface area contributed by atoms with Gasteiger partial charge in [0.05, 0.1) is 23.8 Å². The van der Waals surface area contributed by atoms with Gasteiger partial charge in [-0.05, 0) is 18.1 Å². The summed E-state index contributed by atoms with van der Waals surface area (Å²) in [7, 11) is 0. The van der Waals surface area contributed by atoms with Gasteiger partial charge in [0.1, 0.15) is 0 Å². The molecule has 0 saturated carbocycles. The zero-order valence-electron chi connectivity index (χ0n) is 9.72. The van der Waals surface area contributed by atoms with Crippen molar-refractivity contribution in [2.24, 2.45) is 5.92 Å². The average Bonchev–Trinajstić information content (AvgIpc) is 2.76. The van der Waals surface area contributed by atoms with E-state index in [4.69, 9.17) is 0 Å². The molecule has 3 nitrogen and oxygen atoms in total. The van der Waals surface area contributed by atoms with Gasteiger partial charge in [0.15, 0.2) is 0 Å². The second-order valence-electron chi connectivity index (χ2n) is 4.28. The van der Waals surface area contributed by atoms with Crippen LogP contribution in [0.15, 0.2) is 42.7 Å². The topological polar surface area (TPSA) is 29.9 Å². The summed E-state index contributed by atoms with van der Waals surface area (Å²) in [5.41, 5.74) is 2.15. The van der Waals surface area contributed by atoms with Crippen LogP contribution in [0, 0.1) is 5.92 Å². The second kappa shape index (κ2) is 4.84. The summed E-state index contributed by atoms with van der Waals surface area (Å²) in [6.07, 6.45) is 3.87. The Kier molecular flexibility index (Phi) is 3.25. The first-order chi connectivity index (χ1) is 7.75. The molecule has 0 fully saturated rings. The number of rotatable bonds is 4. The maximum absolute atomic E-state index is 4.32. The highest BCUT2D eigenvalue weighted by Crippen LogP contribution is 2.11. The van der Waals surface area contributed by atoms with Gasteiger partial charge in [0, 0.05) is 6.54 Å². The van der Waals surface area contributed by atoms with Gasteiger partial charge < -0.3 is 5.32 Å². The maximum atomic E-state index is 4.32. The minimum absolute atomic E-state index is 0.639. The van der Waals surface area contributed by atoms with Crippen molar-refractivity contribution in [3.05, 3.63) is 42.7 Å². The molecule has 1 aromatic heterocycles. The van der Waals surface area contributed by atoms with E-state index < -0.39 is 0 Å². The number of benzene rings is 1. The third-order valence-electron chi connectivity index (χ3n) is 2.32. The average molecular weight is 215 g/mol. The summed E-state index contributed by atoms with van der Waals surface area (Å²) in [6, 6.07) is 10.1. The third kappa shape index (κ3) is 2.63. The monoisotopic (exact) mass is 215 g/mol. The largest absolute Gasteiger partial charge is 0.382 e. The normalized spacial score (nSPS) is 10.7. The molecule has 0 saturated heterocycles. The Balaban J connectivity index is 2.08. The van der Waals surface area contributed by atoms with Crippen LogP contribution in [0.1, 0.15) is 13.8 Å². The predicted molar refractivity (Wildman–Crippen MR) is 66.9 cm³/mol. The van der Waals surface area contributed by atoms with E-state index in [0.717, 1.165) is 17.9 Å². The quantitative estimate of drug-likeness (QED) is 0.849. The molecule has 0 amide bonds. The Morgan fingerprint density at radius 3 is 2.69 bits per heavy atom. The van der Waals surface area contributed by atoms with Crippen LogP contribution in [0.25, 0.3) is 5.69 Å².